The van der Waals surface area contributed by atoms with E-state index in [0.717, 1.165) is 5.56 Å². The lowest BCUT2D eigenvalue weighted by Crippen LogP contribution is -2.11. The highest BCUT2D eigenvalue weighted by Crippen LogP contribution is 2.25. The molecule has 0 aliphatic carbocycles. The van der Waals surface area contributed by atoms with Crippen LogP contribution in [0.2, 0.25) is 0 Å². The number of rotatable bonds is 8. The maximum Gasteiger partial charge on any atom is 0.360 e. The number of benzene rings is 2. The zero-order valence-corrected chi connectivity index (χ0v) is 17.2. The van der Waals surface area contributed by atoms with Gasteiger partial charge in [0.2, 0.25) is 11.9 Å². The van der Waals surface area contributed by atoms with Crippen molar-refractivity contribution in [2.24, 2.45) is 0 Å². The Hall–Kier alpha value is -4.54. The van der Waals surface area contributed by atoms with Crippen molar-refractivity contribution in [1.29, 1.82) is 0 Å². The monoisotopic (exact) mass is 432 g/mol. The third kappa shape index (κ3) is 5.14. The number of anilines is 3. The smallest absolute Gasteiger partial charge is 0.360 e. The molecule has 3 N–H and O–H groups in total. The molecule has 11 nitrogen and oxygen atoms in total. The Morgan fingerprint density at radius 3 is 2.66 bits per heavy atom. The molecule has 32 heavy (non-hydrogen) atoms. The van der Waals surface area contributed by atoms with Gasteiger partial charge in [-0.15, -0.1) is 5.10 Å². The molecule has 2 aromatic heterocycles. The van der Waals surface area contributed by atoms with E-state index in [2.05, 4.69) is 30.6 Å². The van der Waals surface area contributed by atoms with E-state index in [1.165, 1.54) is 6.20 Å². The zero-order chi connectivity index (χ0) is 22.3. The molecule has 0 aliphatic rings. The van der Waals surface area contributed by atoms with Gasteiger partial charge in [0.1, 0.15) is 5.75 Å². The molecule has 4 rings (SSSR count). The molecule has 0 saturated carbocycles. The van der Waals surface area contributed by atoms with Gasteiger partial charge in [-0.2, -0.15) is 15.0 Å². The highest BCUT2D eigenvalue weighted by atomic mass is 16.5. The molecule has 0 radical (unpaired) electrons. The number of nitrogen functional groups attached to an aromatic ring is 1. The number of ether oxygens (including phenoxy) is 2. The summed E-state index contributed by atoms with van der Waals surface area (Å²) in [7, 11) is 1.56. The number of nitrogens with zero attached hydrogens (tertiary/aromatic N) is 6. The summed E-state index contributed by atoms with van der Waals surface area (Å²) >= 11 is 0. The lowest BCUT2D eigenvalue weighted by Gasteiger charge is -2.10. The van der Waals surface area contributed by atoms with Gasteiger partial charge in [-0.05, 0) is 17.7 Å². The van der Waals surface area contributed by atoms with E-state index >= 15 is 0 Å². The Balaban J connectivity index is 1.40. The third-order valence-corrected chi connectivity index (χ3v) is 4.32. The second-order valence-corrected chi connectivity index (χ2v) is 6.62. The number of nitrogens with two attached hydrogens (primary N) is 1. The Morgan fingerprint density at radius 2 is 1.84 bits per heavy atom. The van der Waals surface area contributed by atoms with Crippen molar-refractivity contribution < 1.29 is 14.3 Å². The van der Waals surface area contributed by atoms with Crippen LogP contribution in [0.1, 0.15) is 21.9 Å². The van der Waals surface area contributed by atoms with Gasteiger partial charge in [-0.25, -0.2) is 9.48 Å². The highest BCUT2D eigenvalue weighted by molar-refractivity contribution is 5.86. The zero-order valence-electron chi connectivity index (χ0n) is 17.2. The summed E-state index contributed by atoms with van der Waals surface area (Å²) in [5.41, 5.74) is 7.54. The van der Waals surface area contributed by atoms with Crippen molar-refractivity contribution in [1.82, 2.24) is 29.9 Å². The Kier molecular flexibility index (Phi) is 6.16. The number of methoxy groups -OCH3 is 1. The van der Waals surface area contributed by atoms with E-state index < -0.39 is 5.97 Å². The van der Waals surface area contributed by atoms with Crippen molar-refractivity contribution in [2.45, 2.75) is 13.2 Å². The number of para-hydroxylation sites is 2. The third-order valence-electron chi connectivity index (χ3n) is 4.32. The minimum atomic E-state index is -0.650. The van der Waals surface area contributed by atoms with Gasteiger partial charge in [0.25, 0.3) is 0 Å². The molecule has 162 valence electrons. The molecule has 2 aromatic carbocycles. The molecule has 0 unspecified atom stereocenters. The molecule has 0 aliphatic heterocycles. The fourth-order valence-electron chi connectivity index (χ4n) is 2.87. The highest BCUT2D eigenvalue weighted by Gasteiger charge is 2.15. The summed E-state index contributed by atoms with van der Waals surface area (Å²) in [6.07, 6.45) is 1.52. The van der Waals surface area contributed by atoms with Crippen LogP contribution in [0.3, 0.4) is 0 Å². The van der Waals surface area contributed by atoms with Crippen molar-refractivity contribution in [3.8, 4) is 5.75 Å². The lowest BCUT2D eigenvalue weighted by molar-refractivity contribution is 0.0455. The van der Waals surface area contributed by atoms with Gasteiger partial charge in [-0.3, -0.25) is 0 Å². The van der Waals surface area contributed by atoms with E-state index in [4.69, 9.17) is 15.2 Å². The fourth-order valence-corrected chi connectivity index (χ4v) is 2.87. The quantitative estimate of drug-likeness (QED) is 0.398. The second-order valence-electron chi connectivity index (χ2n) is 6.62. The average molecular weight is 432 g/mol. The van der Waals surface area contributed by atoms with Crippen LogP contribution in [0.25, 0.3) is 0 Å². The van der Waals surface area contributed by atoms with E-state index in [0.29, 0.717) is 18.0 Å². The summed E-state index contributed by atoms with van der Waals surface area (Å²) in [6, 6.07) is 17.0. The number of aromatic nitrogens is 6. The Labute approximate surface area is 183 Å². The van der Waals surface area contributed by atoms with Crippen molar-refractivity contribution in [3.05, 3.63) is 77.9 Å². The number of carbonyl (C=O) groups is 1. The first-order chi connectivity index (χ1) is 15.6. The summed E-state index contributed by atoms with van der Waals surface area (Å²) in [4.78, 5) is 24.7. The van der Waals surface area contributed by atoms with Gasteiger partial charge >= 0.3 is 5.97 Å². The van der Waals surface area contributed by atoms with Crippen LogP contribution < -0.4 is 15.8 Å². The summed E-state index contributed by atoms with van der Waals surface area (Å²) in [5, 5.41) is 10.8. The number of hydrogen-bond donors (Lipinski definition) is 2. The van der Waals surface area contributed by atoms with Crippen LogP contribution in [0.4, 0.5) is 17.6 Å². The molecule has 0 saturated heterocycles. The van der Waals surface area contributed by atoms with Crippen LogP contribution >= 0.6 is 0 Å². The van der Waals surface area contributed by atoms with Gasteiger partial charge in [0, 0.05) is 0 Å². The van der Waals surface area contributed by atoms with Crippen LogP contribution in [-0.4, -0.2) is 43.0 Å². The summed E-state index contributed by atoms with van der Waals surface area (Å²) < 4.78 is 12.1. The van der Waals surface area contributed by atoms with Crippen LogP contribution in [0.5, 0.6) is 5.75 Å². The number of esters is 1. The van der Waals surface area contributed by atoms with E-state index in [1.54, 1.807) is 23.9 Å². The van der Waals surface area contributed by atoms with Gasteiger partial charge in [0.15, 0.2) is 18.1 Å². The minimum absolute atomic E-state index is 0.0164. The summed E-state index contributed by atoms with van der Waals surface area (Å²) in [5.74, 6) is 0.319. The van der Waals surface area contributed by atoms with E-state index in [1.807, 2.05) is 42.5 Å². The molecule has 11 heteroatoms. The number of carbonyl (C=O) groups excluding carboxylic acids is 1. The number of nitrogens with one attached hydrogen (secondary N) is 1. The number of hydrogen-bond acceptors (Lipinski definition) is 10. The predicted octanol–water partition coefficient (Wildman–Crippen LogP) is 2.20. The Morgan fingerprint density at radius 1 is 1.06 bits per heavy atom. The molecule has 0 amide bonds. The van der Waals surface area contributed by atoms with Crippen molar-refractivity contribution >= 4 is 23.6 Å². The van der Waals surface area contributed by atoms with Crippen molar-refractivity contribution in [3.63, 3.8) is 0 Å². The van der Waals surface area contributed by atoms with Gasteiger partial charge in [-0.1, -0.05) is 47.7 Å². The van der Waals surface area contributed by atoms with Crippen molar-refractivity contribution in [2.75, 3.05) is 18.2 Å². The van der Waals surface area contributed by atoms with E-state index in [-0.39, 0.29) is 30.0 Å². The largest absolute Gasteiger partial charge is 0.495 e. The topological polar surface area (TPSA) is 143 Å². The van der Waals surface area contributed by atoms with E-state index in [9.17, 15) is 4.79 Å². The van der Waals surface area contributed by atoms with Crippen LogP contribution in [0.15, 0.2) is 60.8 Å². The first-order valence-corrected chi connectivity index (χ1v) is 9.62. The van der Waals surface area contributed by atoms with Gasteiger partial charge in [0.05, 0.1) is 25.5 Å². The molecule has 0 atom stereocenters. The maximum absolute atomic E-state index is 12.4. The predicted molar refractivity (Wildman–Crippen MR) is 115 cm³/mol. The first-order valence-electron chi connectivity index (χ1n) is 9.62. The van der Waals surface area contributed by atoms with Crippen LogP contribution in [-0.2, 0) is 17.9 Å². The molecule has 2 heterocycles. The standard InChI is InChI=1S/C21H20N8O3/c1-31-17-10-6-5-9-15(17)23-21-25-18(24-20(22)26-21)13-32-19(30)16-12-29(28-27-16)11-14-7-3-2-4-8-14/h2-10,12H,11,13H2,1H3,(H3,22,23,24,25,26). The van der Waals surface area contributed by atoms with Gasteiger partial charge < -0.3 is 20.5 Å². The molecule has 4 aromatic rings. The first kappa shape index (κ1) is 20.7. The Bertz CT molecular complexity index is 1210. The lowest BCUT2D eigenvalue weighted by atomic mass is 10.2. The second kappa shape index (κ2) is 9.51. The molecule has 0 spiro atoms. The molecule has 0 bridgehead atoms. The minimum Gasteiger partial charge on any atom is -0.495 e. The molecular weight excluding hydrogens is 412 g/mol. The normalized spacial score (nSPS) is 10.5. The molecule has 0 fully saturated rings. The van der Waals surface area contributed by atoms with Crippen LogP contribution in [0, 0.1) is 0 Å². The molecular formula is C21H20N8O3. The SMILES string of the molecule is COc1ccccc1Nc1nc(N)nc(COC(=O)c2cn(Cc3ccccc3)nn2)n1. The summed E-state index contributed by atoms with van der Waals surface area (Å²) in [6.45, 7) is 0.279. The average Bonchev–Trinajstić information content (AvgIpc) is 3.27. The maximum atomic E-state index is 12.4. The fraction of sp³-hybridized carbons (Fsp3) is 0.143.